The van der Waals surface area contributed by atoms with Crippen molar-refractivity contribution in [3.63, 3.8) is 0 Å². The molecule has 10 heterocycles. The van der Waals surface area contributed by atoms with E-state index in [0.29, 0.717) is 138 Å². The molecule has 3 amide bonds. The Labute approximate surface area is 712 Å². The molecule has 6 aromatic heterocycles. The predicted octanol–water partition coefficient (Wildman–Crippen LogP) is 15.6. The fourth-order valence-corrected chi connectivity index (χ4v) is 17.1. The number of carbonyl (C=O) groups is 3. The number of ether oxygens (including phenoxy) is 5. The molecule has 0 radical (unpaired) electrons. The van der Waals surface area contributed by atoms with E-state index in [2.05, 4.69) is 70.2 Å². The second-order valence-corrected chi connectivity index (χ2v) is 31.7. The van der Waals surface area contributed by atoms with Crippen LogP contribution in [0.25, 0.3) is 66.5 Å². The number of hydrogen-bond donors (Lipinski definition) is 3. The summed E-state index contributed by atoms with van der Waals surface area (Å²) in [5.41, 5.74) is 27.5. The van der Waals surface area contributed by atoms with E-state index in [4.69, 9.17) is 64.1 Å². The number of para-hydroxylation sites is 2. The molecule has 626 valence electrons. The second kappa shape index (κ2) is 38.5. The molecule has 5 aliphatic rings. The first-order valence-electron chi connectivity index (χ1n) is 40.8. The number of anilines is 3. The van der Waals surface area contributed by atoms with E-state index in [-0.39, 0.29) is 41.7 Å². The van der Waals surface area contributed by atoms with Gasteiger partial charge in [-0.15, -0.1) is 0 Å². The van der Waals surface area contributed by atoms with Gasteiger partial charge >= 0.3 is 0 Å². The first kappa shape index (κ1) is 84.0. The summed E-state index contributed by atoms with van der Waals surface area (Å²) >= 11 is 14.1. The van der Waals surface area contributed by atoms with Crippen LogP contribution < -0.4 is 31.4 Å². The van der Waals surface area contributed by atoms with Crippen molar-refractivity contribution in [1.29, 1.82) is 0 Å². The number of aromatic nitrogens is 9. The molecule has 4 aliphatic heterocycles. The van der Waals surface area contributed by atoms with Crippen LogP contribution in [-0.2, 0) is 23.9 Å². The number of likely N-dealkylation sites (tertiary alicyclic amines) is 3. The third-order valence-electron chi connectivity index (χ3n) is 22.9. The molecule has 4 saturated heterocycles. The second-order valence-electron chi connectivity index (χ2n) is 31.0. The molecule has 5 fully saturated rings. The van der Waals surface area contributed by atoms with E-state index in [1.165, 1.54) is 44.0 Å². The Morgan fingerprint density at radius 1 is 0.479 bits per heavy atom. The zero-order valence-electron chi connectivity index (χ0n) is 68.4. The summed E-state index contributed by atoms with van der Waals surface area (Å²) in [5, 5.41) is 3.22. The normalized spacial score (nSPS) is 17.4. The van der Waals surface area contributed by atoms with Crippen LogP contribution >= 0.6 is 23.2 Å². The molecular weight excluding hydrogens is 1580 g/mol. The number of nitrogen functional groups attached to an aromatic ring is 3. The van der Waals surface area contributed by atoms with Crippen molar-refractivity contribution in [3.8, 4) is 67.9 Å². The van der Waals surface area contributed by atoms with Crippen LogP contribution in [0.5, 0.6) is 34.5 Å². The van der Waals surface area contributed by atoms with Crippen LogP contribution in [0, 0.1) is 12.7 Å². The number of rotatable bonds is 26. The number of benzene rings is 6. The zero-order valence-corrected chi connectivity index (χ0v) is 69.9. The molecule has 4 atom stereocenters. The van der Waals surface area contributed by atoms with Gasteiger partial charge < -0.3 is 74.2 Å². The van der Waals surface area contributed by atoms with Crippen molar-refractivity contribution in [2.75, 3.05) is 131 Å². The number of fused-ring (bicyclic) bond motifs is 3. The Morgan fingerprint density at radius 3 is 1.29 bits per heavy atom. The Hall–Kier alpha value is -12.1. The SMILES string of the molecule is CN(C/C=C/C(=O)N1CC[C@@H](n2c(Cl)c(-c3ccc(Oc4cccc(F)c4)cc3)c3c(N)ncnc32)C1)C1CC1.CN(C/C=C/C(=O)N1CC[C@@H](n2c(Cl)c(-c3ccc(Oc4ccccc4)cc3)c3c(N)ncnc32)C1)[C@@H]1CCOC1.COCCN(C)C/C=C/C(=O)N1CC[C@@H](n2c(C)c(-c3ccc(Oc4ccccc4)cc3)c3c(N)ncnc32)C1. The lowest BCUT2D eigenvalue weighted by atomic mass is 10.0. The smallest absolute Gasteiger partial charge is 0.246 e. The molecule has 12 aromatic rings. The highest BCUT2D eigenvalue weighted by atomic mass is 35.5. The van der Waals surface area contributed by atoms with Gasteiger partial charge in [-0.05, 0) is 156 Å². The van der Waals surface area contributed by atoms with Crippen LogP contribution in [0.2, 0.25) is 10.3 Å². The lowest BCUT2D eigenvalue weighted by molar-refractivity contribution is -0.125. The number of hydrogen-bond acceptors (Lipinski definition) is 20. The first-order valence-corrected chi connectivity index (χ1v) is 41.5. The molecule has 6 N–H and O–H groups in total. The van der Waals surface area contributed by atoms with Crippen LogP contribution in [0.15, 0.2) is 213 Å². The van der Waals surface area contributed by atoms with Gasteiger partial charge in [-0.1, -0.05) is 120 Å². The Kier molecular flexibility index (Phi) is 26.7. The minimum Gasteiger partial charge on any atom is -0.457 e. The van der Waals surface area contributed by atoms with Gasteiger partial charge in [0.05, 0.1) is 47.5 Å². The van der Waals surface area contributed by atoms with Crippen LogP contribution in [0.4, 0.5) is 21.8 Å². The number of halogens is 3. The Balaban J connectivity index is 0.000000141. The summed E-state index contributed by atoms with van der Waals surface area (Å²) in [6, 6.07) is 49.4. The highest BCUT2D eigenvalue weighted by Crippen LogP contribution is 2.47. The van der Waals surface area contributed by atoms with Crippen molar-refractivity contribution >= 4 is 91.5 Å². The van der Waals surface area contributed by atoms with Crippen molar-refractivity contribution < 1.29 is 42.5 Å². The molecule has 1 aliphatic carbocycles. The van der Waals surface area contributed by atoms with Crippen LogP contribution in [-0.4, -0.2) is 216 Å². The molecule has 29 heteroatoms. The van der Waals surface area contributed by atoms with Gasteiger partial charge in [-0.3, -0.25) is 24.2 Å². The Bertz CT molecular complexity index is 5730. The summed E-state index contributed by atoms with van der Waals surface area (Å²) in [6.45, 7) is 10.9. The van der Waals surface area contributed by atoms with E-state index in [1.54, 1.807) is 49.6 Å². The van der Waals surface area contributed by atoms with Crippen molar-refractivity contribution in [1.82, 2.24) is 73.0 Å². The summed E-state index contributed by atoms with van der Waals surface area (Å²) in [7, 11) is 7.85. The average molecular weight is 1670 g/mol. The number of methoxy groups -OCH3 is 1. The third-order valence-corrected chi connectivity index (χ3v) is 23.6. The van der Waals surface area contributed by atoms with Crippen molar-refractivity contribution in [2.45, 2.75) is 75.7 Å². The highest BCUT2D eigenvalue weighted by Gasteiger charge is 2.36. The number of likely N-dealkylation sites (N-methyl/N-ethyl adjacent to an activating group) is 3. The van der Waals surface area contributed by atoms with Gasteiger partial charge in [0, 0.05) is 138 Å². The topological polar surface area (TPSA) is 287 Å². The fourth-order valence-electron chi connectivity index (χ4n) is 16.3. The van der Waals surface area contributed by atoms with Gasteiger partial charge in [-0.2, -0.15) is 0 Å². The maximum Gasteiger partial charge on any atom is 0.246 e. The van der Waals surface area contributed by atoms with Gasteiger partial charge in [0.15, 0.2) is 0 Å². The molecule has 1 saturated carbocycles. The maximum absolute atomic E-state index is 13.5. The zero-order chi connectivity index (χ0) is 84.2. The predicted molar refractivity (Wildman–Crippen MR) is 471 cm³/mol. The van der Waals surface area contributed by atoms with Crippen LogP contribution in [0.3, 0.4) is 0 Å². The minimum atomic E-state index is -0.367. The summed E-state index contributed by atoms with van der Waals surface area (Å²) in [4.78, 5) is 77.6. The molecule has 6 aromatic carbocycles. The number of carbonyl (C=O) groups excluding carboxylic acids is 3. The molecule has 0 spiro atoms. The van der Waals surface area contributed by atoms with Gasteiger partial charge in [-0.25, -0.2) is 34.3 Å². The maximum atomic E-state index is 13.5. The molecule has 17 rings (SSSR count). The van der Waals surface area contributed by atoms with E-state index in [1.807, 2.05) is 170 Å². The third kappa shape index (κ3) is 19.5. The number of amides is 3. The van der Waals surface area contributed by atoms with Gasteiger partial charge in [0.25, 0.3) is 0 Å². The van der Waals surface area contributed by atoms with Crippen molar-refractivity contribution in [2.24, 2.45) is 0 Å². The minimum absolute atomic E-state index is 0.000441. The number of nitrogens with zero attached hydrogens (tertiary/aromatic N) is 15. The molecule has 26 nitrogen and oxygen atoms in total. The van der Waals surface area contributed by atoms with E-state index in [0.717, 1.165) is 119 Å². The summed E-state index contributed by atoms with van der Waals surface area (Å²) < 4.78 is 48.1. The largest absolute Gasteiger partial charge is 0.457 e. The lowest BCUT2D eigenvalue weighted by Gasteiger charge is -2.21. The quantitative estimate of drug-likeness (QED) is 0.0425. The highest BCUT2D eigenvalue weighted by molar-refractivity contribution is 6.36. The standard InChI is InChI=1S/C31H33ClN6O3.C31H36N6O3.C30H30ClFN6O2/c1-36(23-14-17-40-19-23)15-5-8-26(39)37-16-13-22(18-37)38-29(32)27(28-30(33)34-20-35-31(28)38)21-9-11-25(12-10-21)41-24-6-3-2-4-7-24;1-22-28(23-11-13-26(14-12-23)40-25-8-5-4-6-9-25)29-30(32)33-21-34-31(29)37(22)24-15-17-36(20-24)27(38)10-7-16-35(2)18-19-39-3;1-36(21-9-10-21)14-3-6-25(39)37-15-13-22(17-37)38-28(31)26(27-29(33)34-18-35-30(27)38)19-7-11-23(12-8-19)40-24-5-2-4-20(32)16-24/h2-12,20,22-23H,13-19H2,1H3,(H2,33,34,35);4-14,21,24H,15-20H2,1-3H3,(H2,32,33,34);2-8,11-12,16,18,21-22H,9-10,13-15,17H2,1H3,(H2,33,34,35)/b8-5+;10-7+;6-3+/t22-,23-;24-;22-/m111/s1. The summed E-state index contributed by atoms with van der Waals surface area (Å²) in [6.07, 6.45) is 21.1. The molecule has 121 heavy (non-hydrogen) atoms. The lowest BCUT2D eigenvalue weighted by Crippen LogP contribution is -2.32. The number of nitrogens with two attached hydrogens (primary N) is 3. The Morgan fingerprint density at radius 2 is 0.868 bits per heavy atom. The van der Waals surface area contributed by atoms with E-state index < -0.39 is 0 Å². The van der Waals surface area contributed by atoms with Gasteiger partial charge in [0.2, 0.25) is 17.7 Å². The van der Waals surface area contributed by atoms with Crippen LogP contribution in [0.1, 0.15) is 62.3 Å². The molecular formula is C92H99Cl2FN18O8. The average Bonchev–Trinajstić information content (AvgIpc) is 1.60. The molecule has 0 bridgehead atoms. The van der Waals surface area contributed by atoms with Crippen molar-refractivity contribution in [3.05, 3.63) is 235 Å². The monoisotopic (exact) mass is 1670 g/mol. The molecule has 0 unspecified atom stereocenters. The first-order chi connectivity index (χ1) is 58.8. The van der Waals surface area contributed by atoms with E-state index in [9.17, 15) is 18.8 Å². The van der Waals surface area contributed by atoms with E-state index >= 15 is 0 Å². The fraction of sp³-hybridized carbons (Fsp3) is 0.315. The summed E-state index contributed by atoms with van der Waals surface area (Å²) in [5.74, 6) is 4.77. The van der Waals surface area contributed by atoms with Gasteiger partial charge in [0.1, 0.15) is 104 Å².